The van der Waals surface area contributed by atoms with Gasteiger partial charge in [-0.1, -0.05) is 84.9 Å². The van der Waals surface area contributed by atoms with Crippen LogP contribution < -0.4 is 5.32 Å². The summed E-state index contributed by atoms with van der Waals surface area (Å²) < 4.78 is 0. The first kappa shape index (κ1) is 22.1. The molecule has 3 aromatic carbocycles. The first-order valence-electron chi connectivity index (χ1n) is 10.5. The molecule has 0 aliphatic carbocycles. The van der Waals surface area contributed by atoms with E-state index >= 15 is 0 Å². The van der Waals surface area contributed by atoms with Crippen molar-refractivity contribution >= 4 is 11.9 Å². The minimum absolute atomic E-state index is 0.0236. The molecule has 0 heterocycles. The molecule has 0 saturated heterocycles. The summed E-state index contributed by atoms with van der Waals surface area (Å²) in [6, 6.07) is 27.7. The van der Waals surface area contributed by atoms with Gasteiger partial charge >= 0.3 is 6.03 Å². The fourth-order valence-corrected chi connectivity index (χ4v) is 3.46. The number of carbonyl (C=O) groups is 2. The Morgan fingerprint density at radius 3 is 2.10 bits per heavy atom. The summed E-state index contributed by atoms with van der Waals surface area (Å²) in [4.78, 5) is 28.5. The van der Waals surface area contributed by atoms with Crippen molar-refractivity contribution in [3.05, 3.63) is 96.1 Å². The molecule has 1 N–H and O–H groups in total. The summed E-state index contributed by atoms with van der Waals surface area (Å²) in [5.41, 5.74) is 4.33. The van der Waals surface area contributed by atoms with Crippen LogP contribution in [0.1, 0.15) is 18.1 Å². The molecule has 5 nitrogen and oxygen atoms in total. The fraction of sp³-hybridized carbons (Fsp3) is 0.231. The van der Waals surface area contributed by atoms with Gasteiger partial charge < -0.3 is 15.1 Å². The van der Waals surface area contributed by atoms with Crippen molar-refractivity contribution in [3.8, 4) is 11.1 Å². The van der Waals surface area contributed by atoms with Gasteiger partial charge in [-0.15, -0.1) is 0 Å². The highest BCUT2D eigenvalue weighted by Crippen LogP contribution is 2.24. The standard InChI is InChI=1S/C26H29N3O2/c1-3-29(19-21-12-6-4-7-13-21)25(30)18-27-26(31)28(2)20-23-16-10-11-17-24(23)22-14-8-5-9-15-22/h4-17H,3,18-20H2,1-2H3,(H,27,31). The lowest BCUT2D eigenvalue weighted by Gasteiger charge is -2.23. The number of amides is 3. The maximum atomic E-state index is 12.6. The Balaban J connectivity index is 1.57. The zero-order valence-corrected chi connectivity index (χ0v) is 18.1. The van der Waals surface area contributed by atoms with E-state index in [2.05, 4.69) is 23.5 Å². The van der Waals surface area contributed by atoms with Crippen LogP contribution in [-0.4, -0.2) is 41.9 Å². The third-order valence-corrected chi connectivity index (χ3v) is 5.20. The molecule has 0 aromatic heterocycles. The second kappa shape index (κ2) is 11.0. The van der Waals surface area contributed by atoms with Crippen LogP contribution in [0.25, 0.3) is 11.1 Å². The van der Waals surface area contributed by atoms with Crippen molar-refractivity contribution in [2.24, 2.45) is 0 Å². The highest BCUT2D eigenvalue weighted by Gasteiger charge is 2.16. The molecule has 3 rings (SSSR count). The van der Waals surface area contributed by atoms with Crippen molar-refractivity contribution in [3.63, 3.8) is 0 Å². The van der Waals surface area contributed by atoms with Crippen molar-refractivity contribution < 1.29 is 9.59 Å². The molecule has 3 amide bonds. The van der Waals surface area contributed by atoms with Gasteiger partial charge in [-0.05, 0) is 29.2 Å². The van der Waals surface area contributed by atoms with Crippen LogP contribution >= 0.6 is 0 Å². The average Bonchev–Trinajstić information content (AvgIpc) is 2.82. The normalized spacial score (nSPS) is 10.4. The Kier molecular flexibility index (Phi) is 7.82. The van der Waals surface area contributed by atoms with E-state index in [0.717, 1.165) is 22.3 Å². The van der Waals surface area contributed by atoms with Gasteiger partial charge in [-0.25, -0.2) is 4.79 Å². The number of hydrogen-bond donors (Lipinski definition) is 1. The van der Waals surface area contributed by atoms with Gasteiger partial charge in [0.25, 0.3) is 0 Å². The summed E-state index contributed by atoms with van der Waals surface area (Å²) in [5, 5.41) is 2.76. The van der Waals surface area contributed by atoms with Crippen LogP contribution in [0.3, 0.4) is 0 Å². The van der Waals surface area contributed by atoms with Gasteiger partial charge in [0, 0.05) is 26.7 Å². The maximum Gasteiger partial charge on any atom is 0.317 e. The van der Waals surface area contributed by atoms with Crippen molar-refractivity contribution in [1.82, 2.24) is 15.1 Å². The van der Waals surface area contributed by atoms with Gasteiger partial charge in [-0.3, -0.25) is 4.79 Å². The van der Waals surface area contributed by atoms with E-state index in [4.69, 9.17) is 0 Å². The van der Waals surface area contributed by atoms with Crippen molar-refractivity contribution in [1.29, 1.82) is 0 Å². The minimum atomic E-state index is -0.271. The Morgan fingerprint density at radius 2 is 1.42 bits per heavy atom. The molecule has 160 valence electrons. The van der Waals surface area contributed by atoms with Gasteiger partial charge in [0.2, 0.25) is 5.91 Å². The average molecular weight is 416 g/mol. The van der Waals surface area contributed by atoms with E-state index in [1.165, 1.54) is 0 Å². The molecule has 0 unspecified atom stereocenters. The lowest BCUT2D eigenvalue weighted by Crippen LogP contribution is -2.44. The molecular formula is C26H29N3O2. The predicted octanol–water partition coefficient (Wildman–Crippen LogP) is 4.54. The number of hydrogen-bond acceptors (Lipinski definition) is 2. The Bertz CT molecular complexity index is 990. The number of nitrogens with one attached hydrogen (secondary N) is 1. The summed E-state index contributed by atoms with van der Waals surface area (Å²) in [7, 11) is 1.74. The van der Waals surface area contributed by atoms with Crippen LogP contribution in [0.5, 0.6) is 0 Å². The molecule has 0 spiro atoms. The third kappa shape index (κ3) is 6.19. The largest absolute Gasteiger partial charge is 0.337 e. The molecule has 0 atom stereocenters. The minimum Gasteiger partial charge on any atom is -0.337 e. The monoisotopic (exact) mass is 415 g/mol. The Morgan fingerprint density at radius 1 is 0.806 bits per heavy atom. The lowest BCUT2D eigenvalue weighted by atomic mass is 9.99. The molecule has 0 saturated carbocycles. The maximum absolute atomic E-state index is 12.6. The van der Waals surface area contributed by atoms with E-state index < -0.39 is 0 Å². The van der Waals surface area contributed by atoms with Crippen LogP contribution in [-0.2, 0) is 17.9 Å². The summed E-state index contributed by atoms with van der Waals surface area (Å²) in [5.74, 6) is -0.0993. The lowest BCUT2D eigenvalue weighted by molar-refractivity contribution is -0.130. The molecule has 0 aliphatic heterocycles. The van der Waals surface area contributed by atoms with Crippen LogP contribution in [0.2, 0.25) is 0 Å². The van der Waals surface area contributed by atoms with Gasteiger partial charge in [-0.2, -0.15) is 0 Å². The molecule has 0 bridgehead atoms. The van der Waals surface area contributed by atoms with Gasteiger partial charge in [0.15, 0.2) is 0 Å². The predicted molar refractivity (Wildman–Crippen MR) is 124 cm³/mol. The first-order valence-corrected chi connectivity index (χ1v) is 10.5. The SMILES string of the molecule is CCN(Cc1ccccc1)C(=O)CNC(=O)N(C)Cc1ccccc1-c1ccccc1. The smallest absolute Gasteiger partial charge is 0.317 e. The van der Waals surface area contributed by atoms with Crippen LogP contribution in [0, 0.1) is 0 Å². The molecular weight excluding hydrogens is 386 g/mol. The zero-order valence-electron chi connectivity index (χ0n) is 18.1. The zero-order chi connectivity index (χ0) is 22.1. The molecule has 5 heteroatoms. The molecule has 0 aliphatic rings. The molecule has 31 heavy (non-hydrogen) atoms. The van der Waals surface area contributed by atoms with E-state index in [1.807, 2.05) is 73.7 Å². The van der Waals surface area contributed by atoms with Crippen molar-refractivity contribution in [2.75, 3.05) is 20.1 Å². The number of carbonyl (C=O) groups excluding carboxylic acids is 2. The number of likely N-dealkylation sites (N-methyl/N-ethyl adjacent to an activating group) is 1. The highest BCUT2D eigenvalue weighted by atomic mass is 16.2. The number of urea groups is 1. The van der Waals surface area contributed by atoms with Gasteiger partial charge in [0.1, 0.15) is 0 Å². The third-order valence-electron chi connectivity index (χ3n) is 5.20. The number of nitrogens with zero attached hydrogens (tertiary/aromatic N) is 2. The summed E-state index contributed by atoms with van der Waals surface area (Å²) in [6.45, 7) is 3.49. The quantitative estimate of drug-likeness (QED) is 0.587. The highest BCUT2D eigenvalue weighted by molar-refractivity contribution is 5.84. The summed E-state index contributed by atoms with van der Waals surface area (Å²) >= 11 is 0. The van der Waals surface area contributed by atoms with E-state index in [-0.39, 0.29) is 18.5 Å². The summed E-state index contributed by atoms with van der Waals surface area (Å²) in [6.07, 6.45) is 0. The first-order chi connectivity index (χ1) is 15.1. The topological polar surface area (TPSA) is 52.7 Å². The van der Waals surface area contributed by atoms with Crippen LogP contribution in [0.15, 0.2) is 84.9 Å². The van der Waals surface area contributed by atoms with E-state index in [1.54, 1.807) is 16.8 Å². The van der Waals surface area contributed by atoms with Crippen LogP contribution in [0.4, 0.5) is 4.79 Å². The van der Waals surface area contributed by atoms with E-state index in [9.17, 15) is 9.59 Å². The number of rotatable bonds is 8. The Hall–Kier alpha value is -3.60. The number of benzene rings is 3. The van der Waals surface area contributed by atoms with Gasteiger partial charge in [0.05, 0.1) is 6.54 Å². The second-order valence-electron chi connectivity index (χ2n) is 7.43. The molecule has 3 aromatic rings. The van der Waals surface area contributed by atoms with E-state index in [0.29, 0.717) is 19.6 Å². The second-order valence-corrected chi connectivity index (χ2v) is 7.43. The van der Waals surface area contributed by atoms with Crippen molar-refractivity contribution in [2.45, 2.75) is 20.0 Å². The molecule has 0 fully saturated rings. The fourth-order valence-electron chi connectivity index (χ4n) is 3.46. The molecule has 0 radical (unpaired) electrons. The Labute approximate surface area is 184 Å².